The molecule has 1 rings (SSSR count). The Morgan fingerprint density at radius 2 is 2.09 bits per heavy atom. The molecule has 1 aromatic rings. The van der Waals surface area contributed by atoms with Gasteiger partial charge in [-0.05, 0) is 18.2 Å². The maximum Gasteiger partial charge on any atom is 0.106 e. The average Bonchev–Trinajstić information content (AvgIpc) is 1.94. The van der Waals surface area contributed by atoms with Gasteiger partial charge in [0.15, 0.2) is 0 Å². The van der Waals surface area contributed by atoms with Crippen LogP contribution in [0, 0.1) is 0 Å². The number of thiocarbonyl (C=S) groups is 1. The Labute approximate surface area is 75.1 Å². The van der Waals surface area contributed by atoms with Gasteiger partial charge >= 0.3 is 0 Å². The van der Waals surface area contributed by atoms with E-state index in [1.165, 1.54) is 0 Å². The third-order valence-electron chi connectivity index (χ3n) is 1.28. The lowest BCUT2D eigenvalue weighted by Crippen LogP contribution is -2.11. The van der Waals surface area contributed by atoms with Crippen LogP contribution in [0.25, 0.3) is 0 Å². The predicted octanol–water partition coefficient (Wildman–Crippen LogP) is 1.56. The molecule has 0 amide bonds. The van der Waals surface area contributed by atoms with Crippen molar-refractivity contribution < 1.29 is 0 Å². The standard InChI is InChI=1S/C7H7ClN2S/c8-4-1-2-6(9)5(3-4)7(10)11/h1-3H,9H2,(H2,10,11). The van der Waals surface area contributed by atoms with Crippen LogP contribution in [0.4, 0.5) is 5.69 Å². The highest BCUT2D eigenvalue weighted by atomic mass is 35.5. The molecule has 1 aromatic carbocycles. The molecular weight excluding hydrogens is 180 g/mol. The number of hydrogen-bond acceptors (Lipinski definition) is 2. The Balaban J connectivity index is 3.23. The zero-order valence-electron chi connectivity index (χ0n) is 5.67. The Bertz CT molecular complexity index is 298. The summed E-state index contributed by atoms with van der Waals surface area (Å²) in [5, 5.41) is 0.585. The van der Waals surface area contributed by atoms with E-state index in [9.17, 15) is 0 Å². The molecule has 0 aliphatic heterocycles. The van der Waals surface area contributed by atoms with Crippen molar-refractivity contribution in [3.05, 3.63) is 28.8 Å². The van der Waals surface area contributed by atoms with Gasteiger partial charge in [-0.25, -0.2) is 0 Å². The van der Waals surface area contributed by atoms with Crippen LogP contribution in [0.3, 0.4) is 0 Å². The minimum atomic E-state index is 0.269. The SMILES string of the molecule is NC(=S)c1cc(Cl)ccc1N. The minimum Gasteiger partial charge on any atom is -0.398 e. The molecule has 4 heteroatoms. The maximum atomic E-state index is 5.69. The first-order chi connectivity index (χ1) is 5.11. The molecule has 0 atom stereocenters. The van der Waals surface area contributed by atoms with Crippen molar-refractivity contribution in [2.75, 3.05) is 5.73 Å². The molecule has 0 saturated carbocycles. The van der Waals surface area contributed by atoms with Crippen molar-refractivity contribution in [1.29, 1.82) is 0 Å². The first-order valence-corrected chi connectivity index (χ1v) is 3.74. The molecule has 11 heavy (non-hydrogen) atoms. The van der Waals surface area contributed by atoms with Crippen molar-refractivity contribution in [3.63, 3.8) is 0 Å². The Hall–Kier alpha value is -0.800. The summed E-state index contributed by atoms with van der Waals surface area (Å²) in [7, 11) is 0. The summed E-state index contributed by atoms with van der Waals surface area (Å²) in [6, 6.07) is 5.02. The maximum absolute atomic E-state index is 5.69. The van der Waals surface area contributed by atoms with Gasteiger partial charge in [-0.15, -0.1) is 0 Å². The molecule has 58 valence electrons. The lowest BCUT2D eigenvalue weighted by atomic mass is 10.2. The lowest BCUT2D eigenvalue weighted by molar-refractivity contribution is 1.61. The van der Waals surface area contributed by atoms with Gasteiger partial charge in [-0.1, -0.05) is 23.8 Å². The van der Waals surface area contributed by atoms with E-state index in [0.29, 0.717) is 16.3 Å². The molecule has 0 aliphatic carbocycles. The Morgan fingerprint density at radius 1 is 1.45 bits per heavy atom. The zero-order valence-corrected chi connectivity index (χ0v) is 7.25. The van der Waals surface area contributed by atoms with Gasteiger partial charge in [0.1, 0.15) is 4.99 Å². The third kappa shape index (κ3) is 1.82. The van der Waals surface area contributed by atoms with Crippen LogP contribution in [-0.4, -0.2) is 4.99 Å². The van der Waals surface area contributed by atoms with E-state index in [4.69, 9.17) is 35.3 Å². The van der Waals surface area contributed by atoms with E-state index in [2.05, 4.69) is 0 Å². The summed E-state index contributed by atoms with van der Waals surface area (Å²) in [5.41, 5.74) is 12.1. The summed E-state index contributed by atoms with van der Waals surface area (Å²) in [6.45, 7) is 0. The molecule has 0 radical (unpaired) electrons. The van der Waals surface area contributed by atoms with Crippen LogP contribution >= 0.6 is 23.8 Å². The number of nitrogen functional groups attached to an aromatic ring is 1. The molecule has 0 fully saturated rings. The first-order valence-electron chi connectivity index (χ1n) is 2.96. The van der Waals surface area contributed by atoms with Gasteiger partial charge in [0.05, 0.1) is 0 Å². The van der Waals surface area contributed by atoms with E-state index in [0.717, 1.165) is 0 Å². The molecule has 0 aliphatic rings. The largest absolute Gasteiger partial charge is 0.398 e. The van der Waals surface area contributed by atoms with Crippen LogP contribution in [0.5, 0.6) is 0 Å². The van der Waals surface area contributed by atoms with Crippen LogP contribution < -0.4 is 11.5 Å². The number of rotatable bonds is 1. The lowest BCUT2D eigenvalue weighted by Gasteiger charge is -2.02. The van der Waals surface area contributed by atoms with Crippen molar-refractivity contribution in [3.8, 4) is 0 Å². The monoisotopic (exact) mass is 186 g/mol. The number of halogens is 1. The zero-order chi connectivity index (χ0) is 8.43. The molecule has 0 saturated heterocycles. The van der Waals surface area contributed by atoms with Crippen LogP contribution in [0.2, 0.25) is 5.02 Å². The summed E-state index contributed by atoms with van der Waals surface area (Å²) in [6.07, 6.45) is 0. The fourth-order valence-electron chi connectivity index (χ4n) is 0.742. The number of hydrogen-bond donors (Lipinski definition) is 2. The van der Waals surface area contributed by atoms with Gasteiger partial charge in [0.25, 0.3) is 0 Å². The van der Waals surface area contributed by atoms with E-state index >= 15 is 0 Å². The topological polar surface area (TPSA) is 52.0 Å². The number of nitrogens with two attached hydrogens (primary N) is 2. The fraction of sp³-hybridized carbons (Fsp3) is 0. The highest BCUT2D eigenvalue weighted by Gasteiger charge is 2.01. The number of benzene rings is 1. The quantitative estimate of drug-likeness (QED) is 0.517. The summed E-state index contributed by atoms with van der Waals surface area (Å²) >= 11 is 10.4. The van der Waals surface area contributed by atoms with Crippen LogP contribution in [0.1, 0.15) is 5.56 Å². The molecular formula is C7H7ClN2S. The van der Waals surface area contributed by atoms with Crippen molar-refractivity contribution in [1.82, 2.24) is 0 Å². The smallest absolute Gasteiger partial charge is 0.106 e. The van der Waals surface area contributed by atoms with Gasteiger partial charge in [-0.3, -0.25) is 0 Å². The van der Waals surface area contributed by atoms with Crippen molar-refractivity contribution in [2.45, 2.75) is 0 Å². The summed E-state index contributed by atoms with van der Waals surface area (Å²) in [4.78, 5) is 0.269. The van der Waals surface area contributed by atoms with E-state index in [-0.39, 0.29) is 4.99 Å². The second-order valence-corrected chi connectivity index (χ2v) is 2.97. The second-order valence-electron chi connectivity index (χ2n) is 2.10. The highest BCUT2D eigenvalue weighted by molar-refractivity contribution is 7.80. The molecule has 0 heterocycles. The summed E-state index contributed by atoms with van der Waals surface area (Å²) < 4.78 is 0. The number of anilines is 1. The van der Waals surface area contributed by atoms with Gasteiger partial charge in [0, 0.05) is 16.3 Å². The van der Waals surface area contributed by atoms with E-state index < -0.39 is 0 Å². The van der Waals surface area contributed by atoms with E-state index in [1.54, 1.807) is 18.2 Å². The van der Waals surface area contributed by atoms with Gasteiger partial charge < -0.3 is 11.5 Å². The Kier molecular flexibility index (Phi) is 2.31. The van der Waals surface area contributed by atoms with Gasteiger partial charge in [-0.2, -0.15) is 0 Å². The minimum absolute atomic E-state index is 0.269. The summed E-state index contributed by atoms with van der Waals surface area (Å²) in [5.74, 6) is 0. The molecule has 0 spiro atoms. The normalized spacial score (nSPS) is 9.55. The molecule has 4 N–H and O–H groups in total. The Morgan fingerprint density at radius 3 is 2.55 bits per heavy atom. The molecule has 0 unspecified atom stereocenters. The fourth-order valence-corrected chi connectivity index (χ4v) is 1.09. The molecule has 0 aromatic heterocycles. The van der Waals surface area contributed by atoms with Crippen LogP contribution in [0.15, 0.2) is 18.2 Å². The predicted molar refractivity (Wildman–Crippen MR) is 51.8 cm³/mol. The average molecular weight is 187 g/mol. The molecule has 0 bridgehead atoms. The second kappa shape index (κ2) is 3.07. The first kappa shape index (κ1) is 8.30. The highest BCUT2D eigenvalue weighted by Crippen LogP contribution is 2.17. The van der Waals surface area contributed by atoms with Gasteiger partial charge in [0.2, 0.25) is 0 Å². The van der Waals surface area contributed by atoms with Crippen LogP contribution in [-0.2, 0) is 0 Å². The molecule has 2 nitrogen and oxygen atoms in total. The van der Waals surface area contributed by atoms with Crippen molar-refractivity contribution in [2.24, 2.45) is 5.73 Å². The third-order valence-corrected chi connectivity index (χ3v) is 1.74. The van der Waals surface area contributed by atoms with Crippen molar-refractivity contribution >= 4 is 34.5 Å². The van der Waals surface area contributed by atoms with E-state index in [1.807, 2.05) is 0 Å².